The van der Waals surface area contributed by atoms with Crippen molar-refractivity contribution in [1.82, 2.24) is 20.4 Å². The number of likely N-dealkylation sites (N-methyl/N-ethyl adjacent to an activating group) is 1. The van der Waals surface area contributed by atoms with Gasteiger partial charge in [-0.2, -0.15) is 0 Å². The van der Waals surface area contributed by atoms with E-state index in [1.54, 1.807) is 7.05 Å². The van der Waals surface area contributed by atoms with E-state index in [0.29, 0.717) is 13.2 Å². The Morgan fingerprint density at radius 3 is 2.85 bits per heavy atom. The van der Waals surface area contributed by atoms with Gasteiger partial charge in [0.2, 0.25) is 0 Å². The fourth-order valence-corrected chi connectivity index (χ4v) is 3.25. The summed E-state index contributed by atoms with van der Waals surface area (Å²) < 4.78 is 11.7. The molecule has 2 N–H and O–H groups in total. The predicted molar refractivity (Wildman–Crippen MR) is 104 cm³/mol. The molecule has 2 aliphatic heterocycles. The summed E-state index contributed by atoms with van der Waals surface area (Å²) in [4.78, 5) is 9.22. The van der Waals surface area contributed by atoms with Gasteiger partial charge >= 0.3 is 0 Å². The van der Waals surface area contributed by atoms with Gasteiger partial charge in [0.05, 0.1) is 6.54 Å². The zero-order valence-electron chi connectivity index (χ0n) is 15.9. The first kappa shape index (κ1) is 18.8. The van der Waals surface area contributed by atoms with Crippen LogP contribution in [-0.4, -0.2) is 88.4 Å². The fourth-order valence-electron chi connectivity index (χ4n) is 3.25. The second-order valence-electron chi connectivity index (χ2n) is 6.88. The average molecular weight is 361 g/mol. The number of guanidine groups is 1. The molecule has 0 bridgehead atoms. The molecular weight excluding hydrogens is 330 g/mol. The number of hydrogen-bond donors (Lipinski definition) is 2. The summed E-state index contributed by atoms with van der Waals surface area (Å²) in [6, 6.07) is 7.78. The van der Waals surface area contributed by atoms with Crippen LogP contribution in [0.25, 0.3) is 0 Å². The molecule has 1 aromatic rings. The summed E-state index contributed by atoms with van der Waals surface area (Å²) >= 11 is 0. The lowest BCUT2D eigenvalue weighted by Gasteiger charge is -2.27. The van der Waals surface area contributed by atoms with Crippen molar-refractivity contribution in [3.63, 3.8) is 0 Å². The highest BCUT2D eigenvalue weighted by molar-refractivity contribution is 5.79. The Bertz CT molecular complexity index is 595. The molecule has 144 valence electrons. The minimum Gasteiger partial charge on any atom is -0.486 e. The van der Waals surface area contributed by atoms with Crippen LogP contribution < -0.4 is 20.1 Å². The molecule has 7 nitrogen and oxygen atoms in total. The maximum Gasteiger partial charge on any atom is 0.191 e. The lowest BCUT2D eigenvalue weighted by molar-refractivity contribution is 0.0936. The number of nitrogens with one attached hydrogen (secondary N) is 2. The molecule has 2 heterocycles. The van der Waals surface area contributed by atoms with Crippen LogP contribution in [0.5, 0.6) is 11.5 Å². The molecule has 0 saturated carbocycles. The van der Waals surface area contributed by atoms with Crippen LogP contribution in [0.2, 0.25) is 0 Å². The quantitative estimate of drug-likeness (QED) is 0.593. The summed E-state index contributed by atoms with van der Waals surface area (Å²) in [5.41, 5.74) is 0. The Kier molecular flexibility index (Phi) is 6.96. The van der Waals surface area contributed by atoms with Crippen molar-refractivity contribution in [2.45, 2.75) is 12.5 Å². The maximum absolute atomic E-state index is 5.97. The molecule has 0 radical (unpaired) electrons. The first-order valence-electron chi connectivity index (χ1n) is 9.48. The second kappa shape index (κ2) is 9.64. The molecule has 0 spiro atoms. The zero-order chi connectivity index (χ0) is 18.2. The number of para-hydroxylation sites is 2. The van der Waals surface area contributed by atoms with Crippen molar-refractivity contribution < 1.29 is 9.47 Å². The monoisotopic (exact) mass is 361 g/mol. The zero-order valence-corrected chi connectivity index (χ0v) is 15.9. The van der Waals surface area contributed by atoms with Crippen LogP contribution in [0.15, 0.2) is 29.3 Å². The van der Waals surface area contributed by atoms with Crippen LogP contribution in [-0.2, 0) is 0 Å². The lowest BCUT2D eigenvalue weighted by Crippen LogP contribution is -2.47. The van der Waals surface area contributed by atoms with Gasteiger partial charge in [0.25, 0.3) is 0 Å². The molecule has 0 amide bonds. The molecule has 1 unspecified atom stereocenters. The number of aliphatic imine (C=N–C) groups is 1. The second-order valence-corrected chi connectivity index (χ2v) is 6.88. The minimum atomic E-state index is -0.0235. The van der Waals surface area contributed by atoms with Crippen molar-refractivity contribution in [2.75, 3.05) is 66.5 Å². The Balaban J connectivity index is 1.36. The van der Waals surface area contributed by atoms with Gasteiger partial charge in [-0.25, -0.2) is 0 Å². The molecule has 0 aliphatic carbocycles. The van der Waals surface area contributed by atoms with E-state index in [0.717, 1.165) is 43.6 Å². The van der Waals surface area contributed by atoms with E-state index < -0.39 is 0 Å². The van der Waals surface area contributed by atoms with Crippen molar-refractivity contribution >= 4 is 5.96 Å². The van der Waals surface area contributed by atoms with Gasteiger partial charge in [0.1, 0.15) is 12.7 Å². The molecule has 3 rings (SSSR count). The summed E-state index contributed by atoms with van der Waals surface area (Å²) in [7, 11) is 3.99. The lowest BCUT2D eigenvalue weighted by atomic mass is 10.2. The SMILES string of the molecule is CN=C(NCCN1CCCN(C)CC1)NCC1COc2ccccc2O1. The van der Waals surface area contributed by atoms with Gasteiger partial charge < -0.3 is 29.9 Å². The molecule has 2 aliphatic rings. The van der Waals surface area contributed by atoms with Gasteiger partial charge in [-0.3, -0.25) is 4.99 Å². The molecule has 26 heavy (non-hydrogen) atoms. The van der Waals surface area contributed by atoms with E-state index in [1.165, 1.54) is 19.5 Å². The molecule has 1 atom stereocenters. The Morgan fingerprint density at radius 2 is 2.00 bits per heavy atom. The molecule has 1 saturated heterocycles. The largest absolute Gasteiger partial charge is 0.486 e. The first-order chi connectivity index (χ1) is 12.7. The molecule has 1 aromatic carbocycles. The van der Waals surface area contributed by atoms with Gasteiger partial charge in [-0.1, -0.05) is 12.1 Å². The maximum atomic E-state index is 5.97. The van der Waals surface area contributed by atoms with E-state index in [4.69, 9.17) is 9.47 Å². The van der Waals surface area contributed by atoms with Gasteiger partial charge in [-0.05, 0) is 38.7 Å². The van der Waals surface area contributed by atoms with Gasteiger partial charge in [0, 0.05) is 33.2 Å². The standard InChI is InChI=1S/C19H31N5O2/c1-20-19(21-8-11-24-10-5-9-23(2)12-13-24)22-14-16-15-25-17-6-3-4-7-18(17)26-16/h3-4,6-7,16H,5,8-15H2,1-2H3,(H2,20,21,22). The summed E-state index contributed by atoms with van der Waals surface area (Å²) in [5.74, 6) is 2.42. The van der Waals surface area contributed by atoms with E-state index in [2.05, 4.69) is 32.5 Å². The smallest absolute Gasteiger partial charge is 0.191 e. The van der Waals surface area contributed by atoms with E-state index in [9.17, 15) is 0 Å². The number of rotatable bonds is 5. The number of fused-ring (bicyclic) bond motifs is 1. The number of ether oxygens (including phenoxy) is 2. The molecule has 1 fully saturated rings. The summed E-state index contributed by atoms with van der Waals surface area (Å²) in [6.45, 7) is 7.76. The third kappa shape index (κ3) is 5.51. The Morgan fingerprint density at radius 1 is 1.15 bits per heavy atom. The van der Waals surface area contributed by atoms with Crippen molar-refractivity contribution in [3.05, 3.63) is 24.3 Å². The van der Waals surface area contributed by atoms with Crippen molar-refractivity contribution in [3.8, 4) is 11.5 Å². The van der Waals surface area contributed by atoms with Crippen LogP contribution in [0, 0.1) is 0 Å². The first-order valence-corrected chi connectivity index (χ1v) is 9.48. The number of hydrogen-bond acceptors (Lipinski definition) is 5. The molecule has 0 aromatic heterocycles. The van der Waals surface area contributed by atoms with Crippen LogP contribution in [0.1, 0.15) is 6.42 Å². The molecule has 7 heteroatoms. The molecular formula is C19H31N5O2. The van der Waals surface area contributed by atoms with Gasteiger partial charge in [0.15, 0.2) is 17.5 Å². The third-order valence-corrected chi connectivity index (χ3v) is 4.82. The van der Waals surface area contributed by atoms with Gasteiger partial charge in [-0.15, -0.1) is 0 Å². The third-order valence-electron chi connectivity index (χ3n) is 4.82. The van der Waals surface area contributed by atoms with E-state index in [1.807, 2.05) is 24.3 Å². The number of benzene rings is 1. The average Bonchev–Trinajstić information content (AvgIpc) is 2.88. The fraction of sp³-hybridized carbons (Fsp3) is 0.632. The highest BCUT2D eigenvalue weighted by atomic mass is 16.6. The Labute approximate surface area is 156 Å². The minimum absolute atomic E-state index is 0.0235. The predicted octanol–water partition coefficient (Wildman–Crippen LogP) is 0.629. The topological polar surface area (TPSA) is 61.4 Å². The van der Waals surface area contributed by atoms with Crippen molar-refractivity contribution in [1.29, 1.82) is 0 Å². The van der Waals surface area contributed by atoms with E-state index >= 15 is 0 Å². The normalized spacial score (nSPS) is 21.9. The van der Waals surface area contributed by atoms with E-state index in [-0.39, 0.29) is 6.10 Å². The highest BCUT2D eigenvalue weighted by Crippen LogP contribution is 2.30. The van der Waals surface area contributed by atoms with Crippen LogP contribution in [0.4, 0.5) is 0 Å². The van der Waals surface area contributed by atoms with Crippen LogP contribution >= 0.6 is 0 Å². The summed E-state index contributed by atoms with van der Waals surface area (Å²) in [6.07, 6.45) is 1.22. The number of nitrogens with zero attached hydrogens (tertiary/aromatic N) is 3. The van der Waals surface area contributed by atoms with Crippen molar-refractivity contribution in [2.24, 2.45) is 4.99 Å². The van der Waals surface area contributed by atoms with Crippen LogP contribution in [0.3, 0.4) is 0 Å². The highest BCUT2D eigenvalue weighted by Gasteiger charge is 2.20. The summed E-state index contributed by atoms with van der Waals surface area (Å²) in [5, 5.41) is 6.73. The Hall–Kier alpha value is -1.99.